The summed E-state index contributed by atoms with van der Waals surface area (Å²) in [5.74, 6) is -0.367. The van der Waals surface area contributed by atoms with E-state index in [2.05, 4.69) is 10.6 Å². The fourth-order valence-corrected chi connectivity index (χ4v) is 3.05. The highest BCUT2D eigenvalue weighted by molar-refractivity contribution is 5.79. The Bertz CT molecular complexity index is 368. The molecule has 1 aliphatic heterocycles. The Morgan fingerprint density at radius 2 is 2.00 bits per heavy atom. The summed E-state index contributed by atoms with van der Waals surface area (Å²) in [4.78, 5) is 23.2. The van der Waals surface area contributed by atoms with E-state index in [-0.39, 0.29) is 12.1 Å². The van der Waals surface area contributed by atoms with Crippen LogP contribution in [0.5, 0.6) is 0 Å². The molecule has 0 aromatic rings. The number of hydrogen-bond donors (Lipinski definition) is 3. The lowest BCUT2D eigenvalue weighted by Crippen LogP contribution is -2.51. The molecule has 0 aromatic carbocycles. The number of carbonyl (C=O) groups excluding carboxylic acids is 1. The SMILES string of the molecule is CC1(C(=O)O)CCCC1NC(=O)NCC1CCOCC1. The second-order valence-electron chi connectivity index (χ2n) is 6.08. The van der Waals surface area contributed by atoms with Crippen molar-refractivity contribution in [1.29, 1.82) is 0 Å². The van der Waals surface area contributed by atoms with Gasteiger partial charge in [0.1, 0.15) is 0 Å². The van der Waals surface area contributed by atoms with Gasteiger partial charge in [-0.1, -0.05) is 6.42 Å². The Kier molecular flexibility index (Phi) is 4.86. The second kappa shape index (κ2) is 6.43. The minimum absolute atomic E-state index is 0.254. The van der Waals surface area contributed by atoms with E-state index in [0.29, 0.717) is 18.9 Å². The van der Waals surface area contributed by atoms with Gasteiger partial charge in [-0.3, -0.25) is 4.79 Å². The average Bonchev–Trinajstić information content (AvgIpc) is 2.80. The number of nitrogens with one attached hydrogen (secondary N) is 2. The van der Waals surface area contributed by atoms with Gasteiger partial charge in [-0.2, -0.15) is 0 Å². The Morgan fingerprint density at radius 1 is 1.30 bits per heavy atom. The average molecular weight is 284 g/mol. The highest BCUT2D eigenvalue weighted by atomic mass is 16.5. The molecule has 0 aromatic heterocycles. The predicted octanol–water partition coefficient (Wildman–Crippen LogP) is 1.36. The van der Waals surface area contributed by atoms with Gasteiger partial charge >= 0.3 is 12.0 Å². The molecule has 2 unspecified atom stereocenters. The van der Waals surface area contributed by atoms with Crippen LogP contribution in [0.4, 0.5) is 4.79 Å². The van der Waals surface area contributed by atoms with Crippen LogP contribution in [0.3, 0.4) is 0 Å². The summed E-state index contributed by atoms with van der Waals surface area (Å²) in [6.45, 7) is 3.86. The summed E-state index contributed by atoms with van der Waals surface area (Å²) in [6, 6.07) is -0.537. The van der Waals surface area contributed by atoms with E-state index in [9.17, 15) is 14.7 Å². The summed E-state index contributed by atoms with van der Waals surface area (Å²) in [6.07, 6.45) is 4.13. The number of aliphatic carboxylic acids is 1. The molecular formula is C14H24N2O4. The number of ether oxygens (including phenoxy) is 1. The van der Waals surface area contributed by atoms with E-state index in [1.54, 1.807) is 6.92 Å². The zero-order valence-electron chi connectivity index (χ0n) is 12.0. The monoisotopic (exact) mass is 284 g/mol. The fraction of sp³-hybridized carbons (Fsp3) is 0.857. The first-order chi connectivity index (χ1) is 9.52. The topological polar surface area (TPSA) is 87.7 Å². The molecule has 3 N–H and O–H groups in total. The van der Waals surface area contributed by atoms with Crippen LogP contribution < -0.4 is 10.6 Å². The number of hydrogen-bond acceptors (Lipinski definition) is 3. The van der Waals surface area contributed by atoms with Gasteiger partial charge in [0.25, 0.3) is 0 Å². The van der Waals surface area contributed by atoms with E-state index in [0.717, 1.165) is 38.9 Å². The highest BCUT2D eigenvalue weighted by Gasteiger charge is 2.45. The first-order valence-corrected chi connectivity index (χ1v) is 7.38. The van der Waals surface area contributed by atoms with Crippen molar-refractivity contribution in [3.8, 4) is 0 Å². The van der Waals surface area contributed by atoms with E-state index < -0.39 is 11.4 Å². The van der Waals surface area contributed by atoms with Crippen molar-refractivity contribution in [2.24, 2.45) is 11.3 Å². The van der Waals surface area contributed by atoms with Gasteiger partial charge in [0.05, 0.1) is 5.41 Å². The van der Waals surface area contributed by atoms with Gasteiger partial charge in [0.2, 0.25) is 0 Å². The van der Waals surface area contributed by atoms with Crippen LogP contribution in [-0.2, 0) is 9.53 Å². The van der Waals surface area contributed by atoms with Crippen molar-refractivity contribution in [3.63, 3.8) is 0 Å². The molecule has 1 saturated carbocycles. The van der Waals surface area contributed by atoms with Crippen molar-refractivity contribution < 1.29 is 19.4 Å². The van der Waals surface area contributed by atoms with E-state index in [1.807, 2.05) is 0 Å². The Balaban J connectivity index is 1.77. The summed E-state index contributed by atoms with van der Waals surface area (Å²) >= 11 is 0. The molecule has 6 nitrogen and oxygen atoms in total. The fourth-order valence-electron chi connectivity index (χ4n) is 3.05. The summed E-state index contributed by atoms with van der Waals surface area (Å²) in [7, 11) is 0. The number of urea groups is 1. The summed E-state index contributed by atoms with van der Waals surface area (Å²) < 4.78 is 5.27. The molecule has 0 spiro atoms. The molecule has 2 fully saturated rings. The van der Waals surface area contributed by atoms with Crippen LogP contribution in [0, 0.1) is 11.3 Å². The minimum atomic E-state index is -0.837. The lowest BCUT2D eigenvalue weighted by Gasteiger charge is -2.28. The molecule has 0 bridgehead atoms. The van der Waals surface area contributed by atoms with Gasteiger partial charge in [-0.15, -0.1) is 0 Å². The second-order valence-corrected chi connectivity index (χ2v) is 6.08. The lowest BCUT2D eigenvalue weighted by atomic mass is 9.85. The number of carboxylic acids is 1. The Hall–Kier alpha value is -1.30. The van der Waals surface area contributed by atoms with Gasteiger partial charge in [0.15, 0.2) is 0 Å². The molecule has 0 radical (unpaired) electrons. The van der Waals surface area contributed by atoms with Crippen LogP contribution in [-0.4, -0.2) is 42.9 Å². The smallest absolute Gasteiger partial charge is 0.315 e. The molecule has 20 heavy (non-hydrogen) atoms. The highest BCUT2D eigenvalue weighted by Crippen LogP contribution is 2.38. The molecule has 1 heterocycles. The molecule has 114 valence electrons. The van der Waals surface area contributed by atoms with Crippen molar-refractivity contribution >= 4 is 12.0 Å². The van der Waals surface area contributed by atoms with Gasteiger partial charge < -0.3 is 20.5 Å². The van der Waals surface area contributed by atoms with Crippen LogP contribution >= 0.6 is 0 Å². The van der Waals surface area contributed by atoms with Gasteiger partial charge in [-0.05, 0) is 38.5 Å². The summed E-state index contributed by atoms with van der Waals surface area (Å²) in [5.41, 5.74) is -0.837. The third-order valence-electron chi connectivity index (χ3n) is 4.64. The van der Waals surface area contributed by atoms with Crippen molar-refractivity contribution in [1.82, 2.24) is 10.6 Å². The standard InChI is InChI=1S/C14H24N2O4/c1-14(12(17)18)6-2-3-11(14)16-13(19)15-9-10-4-7-20-8-5-10/h10-11H,2-9H2,1H3,(H,17,18)(H2,15,16,19). The Labute approximate surface area is 119 Å². The number of amides is 2. The first-order valence-electron chi connectivity index (χ1n) is 7.38. The first kappa shape index (κ1) is 15.1. The van der Waals surface area contributed by atoms with Crippen LogP contribution in [0.25, 0.3) is 0 Å². The van der Waals surface area contributed by atoms with Crippen molar-refractivity contribution in [2.75, 3.05) is 19.8 Å². The van der Waals surface area contributed by atoms with Crippen molar-refractivity contribution in [3.05, 3.63) is 0 Å². The van der Waals surface area contributed by atoms with Gasteiger partial charge in [0, 0.05) is 25.8 Å². The van der Waals surface area contributed by atoms with E-state index >= 15 is 0 Å². The van der Waals surface area contributed by atoms with E-state index in [1.165, 1.54) is 0 Å². The number of carboxylic acid groups (broad SMARTS) is 1. The largest absolute Gasteiger partial charge is 0.481 e. The normalized spacial score (nSPS) is 30.9. The van der Waals surface area contributed by atoms with Crippen LogP contribution in [0.2, 0.25) is 0 Å². The van der Waals surface area contributed by atoms with Gasteiger partial charge in [-0.25, -0.2) is 4.79 Å². The zero-order valence-corrected chi connectivity index (χ0v) is 12.0. The van der Waals surface area contributed by atoms with Crippen LogP contribution in [0.1, 0.15) is 39.0 Å². The maximum Gasteiger partial charge on any atom is 0.315 e. The van der Waals surface area contributed by atoms with E-state index in [4.69, 9.17) is 4.74 Å². The molecule has 2 atom stereocenters. The molecule has 1 saturated heterocycles. The van der Waals surface area contributed by atoms with Crippen molar-refractivity contribution in [2.45, 2.75) is 45.1 Å². The number of carbonyl (C=O) groups is 2. The molecule has 2 aliphatic rings. The molecular weight excluding hydrogens is 260 g/mol. The number of rotatable bonds is 4. The van der Waals surface area contributed by atoms with Crippen LogP contribution in [0.15, 0.2) is 0 Å². The third kappa shape index (κ3) is 3.42. The molecule has 1 aliphatic carbocycles. The molecule has 6 heteroatoms. The third-order valence-corrected chi connectivity index (χ3v) is 4.64. The quantitative estimate of drug-likeness (QED) is 0.727. The Morgan fingerprint density at radius 3 is 2.65 bits per heavy atom. The molecule has 2 amide bonds. The maximum atomic E-state index is 11.9. The lowest BCUT2D eigenvalue weighted by molar-refractivity contribution is -0.148. The maximum absolute atomic E-state index is 11.9. The minimum Gasteiger partial charge on any atom is -0.481 e. The summed E-state index contributed by atoms with van der Waals surface area (Å²) in [5, 5.41) is 15.0. The zero-order chi connectivity index (χ0) is 14.6. The predicted molar refractivity (Wildman–Crippen MR) is 73.5 cm³/mol. The molecule has 2 rings (SSSR count).